The minimum Gasteiger partial charge on any atom is -0.207 e. The van der Waals surface area contributed by atoms with Crippen LogP contribution in [0.2, 0.25) is 0 Å². The van der Waals surface area contributed by atoms with Crippen LogP contribution in [-0.2, 0) is 15.9 Å². The summed E-state index contributed by atoms with van der Waals surface area (Å²) in [4.78, 5) is 0.0312. The van der Waals surface area contributed by atoms with Crippen LogP contribution >= 0.6 is 11.6 Å². The molecule has 1 saturated carbocycles. The first-order chi connectivity index (χ1) is 10.0. The van der Waals surface area contributed by atoms with E-state index in [0.29, 0.717) is 18.0 Å². The molecule has 1 saturated heterocycles. The fourth-order valence-corrected chi connectivity index (χ4v) is 5.94. The lowest BCUT2D eigenvalue weighted by Gasteiger charge is -2.31. The number of rotatable bonds is 3. The third-order valence-corrected chi connectivity index (χ3v) is 7.01. The fourth-order valence-electron chi connectivity index (χ4n) is 3.67. The largest absolute Gasteiger partial charge is 0.243 e. The van der Waals surface area contributed by atoms with Crippen molar-refractivity contribution in [1.82, 2.24) is 4.31 Å². The first-order valence-corrected chi connectivity index (χ1v) is 9.37. The predicted molar refractivity (Wildman–Crippen MR) is 80.2 cm³/mol. The first kappa shape index (κ1) is 15.3. The van der Waals surface area contributed by atoms with Crippen LogP contribution in [0.4, 0.5) is 4.39 Å². The van der Waals surface area contributed by atoms with Crippen LogP contribution in [0.1, 0.15) is 37.7 Å². The van der Waals surface area contributed by atoms with Gasteiger partial charge in [0.2, 0.25) is 10.0 Å². The molecule has 0 N–H and O–H groups in total. The Morgan fingerprint density at radius 1 is 1.24 bits per heavy atom. The molecule has 2 atom stereocenters. The van der Waals surface area contributed by atoms with Gasteiger partial charge in [-0.25, -0.2) is 12.8 Å². The third-order valence-electron chi connectivity index (χ3n) is 4.72. The maximum Gasteiger partial charge on any atom is 0.243 e. The summed E-state index contributed by atoms with van der Waals surface area (Å²) in [6.07, 6.45) is 5.17. The van der Waals surface area contributed by atoms with Gasteiger partial charge in [-0.05, 0) is 42.9 Å². The number of hydrogen-bond donors (Lipinski definition) is 0. The lowest BCUT2D eigenvalue weighted by molar-refractivity contribution is 0.260. The van der Waals surface area contributed by atoms with Crippen LogP contribution < -0.4 is 0 Å². The molecule has 1 aromatic rings. The Balaban J connectivity index is 1.99. The molecule has 1 aliphatic heterocycles. The van der Waals surface area contributed by atoms with Crippen LogP contribution in [0.5, 0.6) is 0 Å². The molecule has 3 nitrogen and oxygen atoms in total. The number of alkyl halides is 1. The molecule has 2 aliphatic rings. The van der Waals surface area contributed by atoms with Crippen LogP contribution in [0.15, 0.2) is 23.1 Å². The Labute approximate surface area is 130 Å². The van der Waals surface area contributed by atoms with Gasteiger partial charge in [0.1, 0.15) is 5.82 Å². The van der Waals surface area contributed by atoms with E-state index in [9.17, 15) is 12.8 Å². The summed E-state index contributed by atoms with van der Waals surface area (Å²) in [5.74, 6) is -0.0140. The van der Waals surface area contributed by atoms with Crippen molar-refractivity contribution in [3.63, 3.8) is 0 Å². The highest BCUT2D eigenvalue weighted by Crippen LogP contribution is 2.39. The Kier molecular flexibility index (Phi) is 4.26. The smallest absolute Gasteiger partial charge is 0.207 e. The second-order valence-electron chi connectivity index (χ2n) is 5.90. The Morgan fingerprint density at radius 3 is 2.76 bits per heavy atom. The minimum atomic E-state index is -3.67. The molecule has 2 fully saturated rings. The topological polar surface area (TPSA) is 37.4 Å². The van der Waals surface area contributed by atoms with Gasteiger partial charge in [-0.2, -0.15) is 4.31 Å². The average molecular weight is 332 g/mol. The molecule has 116 valence electrons. The molecule has 0 bridgehead atoms. The van der Waals surface area contributed by atoms with E-state index in [1.165, 1.54) is 18.6 Å². The van der Waals surface area contributed by atoms with E-state index >= 15 is 0 Å². The van der Waals surface area contributed by atoms with Crippen LogP contribution in [0, 0.1) is 11.7 Å². The Hall–Kier alpha value is -0.650. The molecule has 0 spiro atoms. The molecule has 6 heteroatoms. The van der Waals surface area contributed by atoms with E-state index in [0.717, 1.165) is 31.7 Å². The molecule has 1 aliphatic carbocycles. The molecule has 3 rings (SSSR count). The maximum absolute atomic E-state index is 13.5. The molecule has 1 aromatic carbocycles. The van der Waals surface area contributed by atoms with E-state index in [4.69, 9.17) is 11.6 Å². The van der Waals surface area contributed by atoms with Crippen molar-refractivity contribution in [2.24, 2.45) is 5.92 Å². The van der Waals surface area contributed by atoms with E-state index in [1.54, 1.807) is 4.31 Å². The molecule has 21 heavy (non-hydrogen) atoms. The van der Waals surface area contributed by atoms with Gasteiger partial charge in [0, 0.05) is 18.5 Å². The predicted octanol–water partition coefficient (Wildman–Crippen LogP) is 3.52. The van der Waals surface area contributed by atoms with Gasteiger partial charge in [0.05, 0.1) is 4.90 Å². The lowest BCUT2D eigenvalue weighted by Crippen LogP contribution is -2.39. The maximum atomic E-state index is 13.5. The lowest BCUT2D eigenvalue weighted by atomic mass is 9.86. The second-order valence-corrected chi connectivity index (χ2v) is 8.03. The number of benzene rings is 1. The Bertz CT molecular complexity index is 635. The third kappa shape index (κ3) is 2.71. The number of sulfonamides is 1. The monoisotopic (exact) mass is 331 g/mol. The van der Waals surface area contributed by atoms with Gasteiger partial charge >= 0.3 is 0 Å². The van der Waals surface area contributed by atoms with Crippen molar-refractivity contribution >= 4 is 21.6 Å². The normalized spacial score (nSPS) is 26.8. The van der Waals surface area contributed by atoms with Gasteiger partial charge in [0.15, 0.2) is 0 Å². The van der Waals surface area contributed by atoms with Crippen molar-refractivity contribution in [2.45, 2.75) is 48.9 Å². The summed E-state index contributed by atoms with van der Waals surface area (Å²) in [5, 5.41) is 0. The second kappa shape index (κ2) is 5.86. The van der Waals surface area contributed by atoms with Crippen LogP contribution in [0.3, 0.4) is 0 Å². The van der Waals surface area contributed by atoms with Crippen molar-refractivity contribution in [3.05, 3.63) is 29.6 Å². The summed E-state index contributed by atoms with van der Waals surface area (Å²) in [6, 6.07) is 3.90. The quantitative estimate of drug-likeness (QED) is 0.795. The SMILES string of the molecule is O=S(=O)(c1cc(F)ccc1CCl)N1CCC2CCCCC21. The zero-order valence-electron chi connectivity index (χ0n) is 11.8. The number of hydrogen-bond acceptors (Lipinski definition) is 2. The Morgan fingerprint density at radius 2 is 2.00 bits per heavy atom. The van der Waals surface area contributed by atoms with Gasteiger partial charge in [-0.15, -0.1) is 11.6 Å². The van der Waals surface area contributed by atoms with Crippen LogP contribution in [0.25, 0.3) is 0 Å². The van der Waals surface area contributed by atoms with Gasteiger partial charge < -0.3 is 0 Å². The minimum absolute atomic E-state index is 0.0312. The molecule has 1 heterocycles. The van der Waals surface area contributed by atoms with Gasteiger partial charge in [-0.1, -0.05) is 18.9 Å². The zero-order valence-corrected chi connectivity index (χ0v) is 13.3. The highest BCUT2D eigenvalue weighted by Gasteiger charge is 2.42. The van der Waals surface area contributed by atoms with Crippen LogP contribution in [-0.4, -0.2) is 25.3 Å². The highest BCUT2D eigenvalue weighted by atomic mass is 35.5. The summed E-state index contributed by atoms with van der Waals surface area (Å²) >= 11 is 5.83. The fraction of sp³-hybridized carbons (Fsp3) is 0.600. The van der Waals surface area contributed by atoms with Crippen molar-refractivity contribution in [2.75, 3.05) is 6.54 Å². The zero-order chi connectivity index (χ0) is 15.0. The molecule has 2 unspecified atom stereocenters. The summed E-state index contributed by atoms with van der Waals surface area (Å²) in [5.41, 5.74) is 0.470. The van der Waals surface area contributed by atoms with Crippen molar-refractivity contribution in [1.29, 1.82) is 0 Å². The van der Waals surface area contributed by atoms with E-state index in [1.807, 2.05) is 0 Å². The molecule has 0 aromatic heterocycles. The van der Waals surface area contributed by atoms with Gasteiger partial charge in [-0.3, -0.25) is 0 Å². The first-order valence-electron chi connectivity index (χ1n) is 7.40. The van der Waals surface area contributed by atoms with E-state index in [-0.39, 0.29) is 16.8 Å². The van der Waals surface area contributed by atoms with E-state index in [2.05, 4.69) is 0 Å². The molecule has 0 amide bonds. The summed E-state index contributed by atoms with van der Waals surface area (Å²) in [6.45, 7) is 0.538. The number of nitrogens with zero attached hydrogens (tertiary/aromatic N) is 1. The average Bonchev–Trinajstić information content (AvgIpc) is 2.92. The van der Waals surface area contributed by atoms with Crippen molar-refractivity contribution < 1.29 is 12.8 Å². The molecular weight excluding hydrogens is 313 g/mol. The highest BCUT2D eigenvalue weighted by molar-refractivity contribution is 7.89. The standard InChI is InChI=1S/C15H19ClFNO2S/c16-10-12-5-6-13(17)9-15(12)21(19,20)18-8-7-11-3-1-2-4-14(11)18/h5-6,9,11,14H,1-4,7-8,10H2. The number of fused-ring (bicyclic) bond motifs is 1. The molecular formula is C15H19ClFNO2S. The van der Waals surface area contributed by atoms with Crippen molar-refractivity contribution in [3.8, 4) is 0 Å². The molecule has 0 radical (unpaired) electrons. The number of halogens is 2. The summed E-state index contributed by atoms with van der Waals surface area (Å²) < 4.78 is 40.9. The van der Waals surface area contributed by atoms with Gasteiger partial charge in [0.25, 0.3) is 0 Å². The summed E-state index contributed by atoms with van der Waals surface area (Å²) in [7, 11) is -3.67. The van der Waals surface area contributed by atoms with E-state index < -0.39 is 15.8 Å².